The quantitative estimate of drug-likeness (QED) is 0.415. The normalized spacial score (nSPS) is 14.2. The first-order chi connectivity index (χ1) is 13.3. The molecule has 1 aliphatic heterocycles. The molecule has 0 spiro atoms. The van der Waals surface area contributed by atoms with Crippen LogP contribution in [0, 0.1) is 10.1 Å². The number of benzene rings is 2. The van der Waals surface area contributed by atoms with Gasteiger partial charge in [0.25, 0.3) is 17.5 Å². The van der Waals surface area contributed by atoms with E-state index in [4.69, 9.17) is 4.74 Å². The monoisotopic (exact) mass is 398 g/mol. The third-order valence-electron chi connectivity index (χ3n) is 4.09. The summed E-state index contributed by atoms with van der Waals surface area (Å²) in [6.07, 6.45) is 0. The second-order valence-corrected chi connectivity index (χ2v) is 7.91. The van der Waals surface area contributed by atoms with E-state index in [1.54, 1.807) is 24.3 Å². The Hall–Kier alpha value is -3.13. The summed E-state index contributed by atoms with van der Waals surface area (Å²) in [5, 5.41) is 11.0. The summed E-state index contributed by atoms with van der Waals surface area (Å²) in [4.78, 5) is 38.1. The Morgan fingerprint density at radius 1 is 1.00 bits per heavy atom. The van der Waals surface area contributed by atoms with Crippen LogP contribution in [0.4, 0.5) is 11.4 Å². The Morgan fingerprint density at radius 3 is 2.11 bits per heavy atom. The van der Waals surface area contributed by atoms with Crippen LogP contribution >= 0.6 is 11.8 Å². The fourth-order valence-electron chi connectivity index (χ4n) is 2.82. The lowest BCUT2D eigenvalue weighted by Crippen LogP contribution is -2.31. The van der Waals surface area contributed by atoms with Crippen LogP contribution in [0.5, 0.6) is 5.75 Å². The smallest absolute Gasteiger partial charge is 0.272 e. The van der Waals surface area contributed by atoms with Gasteiger partial charge in [0.15, 0.2) is 0 Å². The zero-order valence-electron chi connectivity index (χ0n) is 15.5. The summed E-state index contributed by atoms with van der Waals surface area (Å²) in [6.45, 7) is 3.86. The largest absolute Gasteiger partial charge is 0.497 e. The zero-order chi connectivity index (χ0) is 20.4. The minimum absolute atomic E-state index is 0.0776. The maximum Gasteiger partial charge on any atom is 0.272 e. The van der Waals surface area contributed by atoms with Gasteiger partial charge in [-0.1, -0.05) is 13.8 Å². The van der Waals surface area contributed by atoms with Gasteiger partial charge >= 0.3 is 0 Å². The predicted molar refractivity (Wildman–Crippen MR) is 108 cm³/mol. The van der Waals surface area contributed by atoms with Crippen LogP contribution in [0.15, 0.2) is 53.4 Å². The summed E-state index contributed by atoms with van der Waals surface area (Å²) in [7, 11) is 1.53. The molecule has 0 fully saturated rings. The van der Waals surface area contributed by atoms with E-state index in [0.29, 0.717) is 21.9 Å². The first kappa shape index (κ1) is 19.6. The number of nitrogens with zero attached hydrogens (tertiary/aromatic N) is 2. The van der Waals surface area contributed by atoms with E-state index in [-0.39, 0.29) is 16.5 Å². The predicted octanol–water partition coefficient (Wildman–Crippen LogP) is 4.03. The van der Waals surface area contributed by atoms with Crippen LogP contribution < -0.4 is 9.64 Å². The van der Waals surface area contributed by atoms with Gasteiger partial charge in [-0.05, 0) is 42.0 Å². The Balaban J connectivity index is 2.05. The number of amides is 2. The Kier molecular flexibility index (Phi) is 5.51. The maximum atomic E-state index is 13.2. The topological polar surface area (TPSA) is 89.8 Å². The number of hydrogen-bond donors (Lipinski definition) is 0. The lowest BCUT2D eigenvalue weighted by molar-refractivity contribution is -0.384. The van der Waals surface area contributed by atoms with Crippen LogP contribution in [-0.4, -0.2) is 29.1 Å². The molecule has 0 saturated heterocycles. The fraction of sp³-hybridized carbons (Fsp3) is 0.200. The van der Waals surface area contributed by atoms with Gasteiger partial charge in [0.05, 0.1) is 28.2 Å². The molecule has 0 saturated carbocycles. The summed E-state index contributed by atoms with van der Waals surface area (Å²) in [5.41, 5.74) is 1.10. The van der Waals surface area contributed by atoms with E-state index < -0.39 is 16.7 Å². The van der Waals surface area contributed by atoms with Gasteiger partial charge in [-0.3, -0.25) is 19.7 Å². The molecule has 2 amide bonds. The summed E-state index contributed by atoms with van der Waals surface area (Å²) in [5.74, 6) is -0.238. The van der Waals surface area contributed by atoms with Crippen molar-refractivity contribution in [1.82, 2.24) is 0 Å². The lowest BCUT2D eigenvalue weighted by Gasteiger charge is -2.15. The molecule has 28 heavy (non-hydrogen) atoms. The fourth-order valence-corrected chi connectivity index (χ4v) is 3.81. The molecule has 3 rings (SSSR count). The van der Waals surface area contributed by atoms with Crippen LogP contribution in [0.25, 0.3) is 5.57 Å². The average molecular weight is 398 g/mol. The molecule has 8 heteroatoms. The van der Waals surface area contributed by atoms with Gasteiger partial charge in [-0.2, -0.15) is 0 Å². The maximum absolute atomic E-state index is 13.2. The molecule has 1 heterocycles. The van der Waals surface area contributed by atoms with Crippen molar-refractivity contribution in [2.75, 3.05) is 12.0 Å². The van der Waals surface area contributed by atoms with Gasteiger partial charge in [0, 0.05) is 17.4 Å². The number of nitro groups is 1. The molecular weight excluding hydrogens is 380 g/mol. The molecule has 0 bridgehead atoms. The van der Waals surface area contributed by atoms with Crippen molar-refractivity contribution in [2.24, 2.45) is 0 Å². The number of ether oxygens (including phenoxy) is 1. The minimum atomic E-state index is -0.507. The number of nitro benzene ring substituents is 1. The summed E-state index contributed by atoms with van der Waals surface area (Å²) in [6, 6.07) is 12.3. The Bertz CT molecular complexity index is 965. The van der Waals surface area contributed by atoms with E-state index in [2.05, 4.69) is 0 Å². The number of hydrogen-bond acceptors (Lipinski definition) is 6. The molecule has 144 valence electrons. The second kappa shape index (κ2) is 7.85. The molecule has 7 nitrogen and oxygen atoms in total. The van der Waals surface area contributed by atoms with Crippen molar-refractivity contribution in [3.8, 4) is 5.75 Å². The number of thioether (sulfide) groups is 1. The Morgan fingerprint density at radius 2 is 1.61 bits per heavy atom. The van der Waals surface area contributed by atoms with Gasteiger partial charge < -0.3 is 4.74 Å². The molecule has 0 unspecified atom stereocenters. The Labute approximate surface area is 166 Å². The molecule has 0 atom stereocenters. The third kappa shape index (κ3) is 3.63. The second-order valence-electron chi connectivity index (χ2n) is 6.32. The van der Waals surface area contributed by atoms with E-state index in [9.17, 15) is 19.7 Å². The van der Waals surface area contributed by atoms with Crippen molar-refractivity contribution < 1.29 is 19.2 Å². The van der Waals surface area contributed by atoms with Crippen molar-refractivity contribution in [2.45, 2.75) is 19.1 Å². The van der Waals surface area contributed by atoms with Crippen molar-refractivity contribution in [3.05, 3.63) is 69.1 Å². The van der Waals surface area contributed by atoms with Gasteiger partial charge in [-0.15, -0.1) is 11.8 Å². The number of rotatable bonds is 6. The first-order valence-electron chi connectivity index (χ1n) is 8.52. The van der Waals surface area contributed by atoms with E-state index in [1.165, 1.54) is 43.1 Å². The molecule has 0 aromatic heterocycles. The lowest BCUT2D eigenvalue weighted by atomic mass is 10.1. The standard InChI is InChI=1S/C20H18N2O5S/c1-12(2)28-18-17(13-4-6-15(7-5-13)22(25)26)19(23)21(20(18)24)14-8-10-16(27-3)11-9-14/h4-12H,1-3H3. The number of methoxy groups -OCH3 is 1. The molecule has 2 aromatic rings. The molecule has 1 aliphatic rings. The van der Waals surface area contributed by atoms with Crippen LogP contribution in [0.1, 0.15) is 19.4 Å². The third-order valence-corrected chi connectivity index (χ3v) is 5.18. The van der Waals surface area contributed by atoms with E-state index in [0.717, 1.165) is 4.90 Å². The minimum Gasteiger partial charge on any atom is -0.497 e. The number of anilines is 1. The van der Waals surface area contributed by atoms with E-state index >= 15 is 0 Å². The SMILES string of the molecule is COc1ccc(N2C(=O)C(SC(C)C)=C(c3ccc([N+](=O)[O-])cc3)C2=O)cc1. The molecule has 0 radical (unpaired) electrons. The first-order valence-corrected chi connectivity index (χ1v) is 9.40. The highest BCUT2D eigenvalue weighted by atomic mass is 32.2. The van der Waals surface area contributed by atoms with E-state index in [1.807, 2.05) is 13.8 Å². The van der Waals surface area contributed by atoms with Crippen LogP contribution in [0.3, 0.4) is 0 Å². The molecule has 0 aliphatic carbocycles. The van der Waals surface area contributed by atoms with Crippen molar-refractivity contribution >= 4 is 40.5 Å². The highest BCUT2D eigenvalue weighted by Crippen LogP contribution is 2.40. The molecule has 0 N–H and O–H groups in total. The number of carbonyl (C=O) groups excluding carboxylic acids is 2. The zero-order valence-corrected chi connectivity index (χ0v) is 16.4. The number of carbonyl (C=O) groups is 2. The van der Waals surface area contributed by atoms with Gasteiger partial charge in [0.1, 0.15) is 5.75 Å². The van der Waals surface area contributed by atoms with Crippen LogP contribution in [-0.2, 0) is 9.59 Å². The molecule has 2 aromatic carbocycles. The average Bonchev–Trinajstić information content (AvgIpc) is 2.91. The summed E-state index contributed by atoms with van der Waals surface area (Å²) >= 11 is 1.30. The highest BCUT2D eigenvalue weighted by molar-refractivity contribution is 8.04. The number of imide groups is 1. The van der Waals surface area contributed by atoms with Crippen LogP contribution in [0.2, 0.25) is 0 Å². The molecular formula is C20H18N2O5S. The number of non-ortho nitro benzene ring substituents is 1. The summed E-state index contributed by atoms with van der Waals surface area (Å²) < 4.78 is 5.12. The van der Waals surface area contributed by atoms with Crippen molar-refractivity contribution in [3.63, 3.8) is 0 Å². The van der Waals surface area contributed by atoms with Crippen molar-refractivity contribution in [1.29, 1.82) is 0 Å². The highest BCUT2D eigenvalue weighted by Gasteiger charge is 2.40. The van der Waals surface area contributed by atoms with Gasteiger partial charge in [0.2, 0.25) is 0 Å². The van der Waals surface area contributed by atoms with Gasteiger partial charge in [-0.25, -0.2) is 4.90 Å².